The van der Waals surface area contributed by atoms with Crippen molar-refractivity contribution in [2.45, 2.75) is 25.7 Å². The summed E-state index contributed by atoms with van der Waals surface area (Å²) in [4.78, 5) is 26.8. The van der Waals surface area contributed by atoms with Crippen LogP contribution in [0.5, 0.6) is 5.75 Å². The summed E-state index contributed by atoms with van der Waals surface area (Å²) in [6.07, 6.45) is 3.33. The predicted molar refractivity (Wildman–Crippen MR) is 109 cm³/mol. The minimum Gasteiger partial charge on any atom is -0.497 e. The van der Waals surface area contributed by atoms with Crippen molar-refractivity contribution in [2.24, 2.45) is 5.92 Å². The lowest BCUT2D eigenvalue weighted by molar-refractivity contribution is -0.126. The number of rotatable bonds is 7. The summed E-state index contributed by atoms with van der Waals surface area (Å²) in [5.74, 6) is 0.866. The molecule has 0 saturated carbocycles. The number of hydrogen-bond acceptors (Lipinski definition) is 3. The van der Waals surface area contributed by atoms with Crippen LogP contribution >= 0.6 is 0 Å². The van der Waals surface area contributed by atoms with Crippen molar-refractivity contribution < 1.29 is 14.3 Å². The molecule has 2 amide bonds. The Morgan fingerprint density at radius 3 is 2.36 bits per heavy atom. The molecule has 1 N–H and O–H groups in total. The van der Waals surface area contributed by atoms with Gasteiger partial charge in [0.1, 0.15) is 5.75 Å². The minimum atomic E-state index is -0.00311. The second-order valence-electron chi connectivity index (χ2n) is 7.18. The molecule has 0 aromatic heterocycles. The Morgan fingerprint density at radius 1 is 1.04 bits per heavy atom. The number of methoxy groups -OCH3 is 1. The predicted octanol–water partition coefficient (Wildman–Crippen LogP) is 3.30. The fourth-order valence-electron chi connectivity index (χ4n) is 3.55. The number of ether oxygens (including phenoxy) is 1. The van der Waals surface area contributed by atoms with Crippen LogP contribution in [0.1, 0.15) is 35.2 Å². The van der Waals surface area contributed by atoms with Crippen LogP contribution in [0.3, 0.4) is 0 Å². The molecule has 0 unspecified atom stereocenters. The SMILES string of the molecule is COc1ccc(C(=O)N2CCC(C(=O)NCCCc3ccccc3)CC2)cc1. The van der Waals surface area contributed by atoms with E-state index in [2.05, 4.69) is 17.4 Å². The summed E-state index contributed by atoms with van der Waals surface area (Å²) >= 11 is 0. The average Bonchev–Trinajstić information content (AvgIpc) is 2.77. The molecule has 1 heterocycles. The Morgan fingerprint density at radius 2 is 1.71 bits per heavy atom. The van der Waals surface area contributed by atoms with Crippen LogP contribution in [0.25, 0.3) is 0 Å². The van der Waals surface area contributed by atoms with Crippen molar-refractivity contribution in [2.75, 3.05) is 26.7 Å². The van der Waals surface area contributed by atoms with Crippen LogP contribution in [-0.4, -0.2) is 43.5 Å². The van der Waals surface area contributed by atoms with Gasteiger partial charge in [-0.25, -0.2) is 0 Å². The molecule has 1 aliphatic rings. The van der Waals surface area contributed by atoms with Crippen LogP contribution in [0, 0.1) is 5.92 Å². The fourth-order valence-corrected chi connectivity index (χ4v) is 3.55. The smallest absolute Gasteiger partial charge is 0.253 e. The number of nitrogens with one attached hydrogen (secondary N) is 1. The van der Waals surface area contributed by atoms with Crippen LogP contribution in [0.2, 0.25) is 0 Å². The van der Waals surface area contributed by atoms with Crippen LogP contribution in [0.4, 0.5) is 0 Å². The number of likely N-dealkylation sites (tertiary alicyclic amines) is 1. The van der Waals surface area contributed by atoms with Gasteiger partial charge in [-0.2, -0.15) is 0 Å². The van der Waals surface area contributed by atoms with E-state index in [0.29, 0.717) is 38.0 Å². The standard InChI is InChI=1S/C23H28N2O3/c1-28-21-11-9-20(10-12-21)23(27)25-16-13-19(14-17-25)22(26)24-15-5-8-18-6-3-2-4-7-18/h2-4,6-7,9-12,19H,5,8,13-17H2,1H3,(H,24,26). The van der Waals surface area contributed by atoms with Crippen molar-refractivity contribution in [3.63, 3.8) is 0 Å². The molecule has 0 bridgehead atoms. The normalized spacial score (nSPS) is 14.5. The molecule has 0 radical (unpaired) electrons. The van der Waals surface area contributed by atoms with Gasteiger partial charge >= 0.3 is 0 Å². The zero-order chi connectivity index (χ0) is 19.8. The minimum absolute atomic E-state index is 0.00311. The lowest BCUT2D eigenvalue weighted by Gasteiger charge is -2.31. The van der Waals surface area contributed by atoms with E-state index >= 15 is 0 Å². The molecule has 148 valence electrons. The second kappa shape index (κ2) is 9.93. The van der Waals surface area contributed by atoms with Crippen molar-refractivity contribution in [3.8, 4) is 5.75 Å². The Balaban J connectivity index is 1.39. The summed E-state index contributed by atoms with van der Waals surface area (Å²) in [6, 6.07) is 17.5. The van der Waals surface area contributed by atoms with Crippen molar-refractivity contribution in [1.29, 1.82) is 0 Å². The molecule has 5 heteroatoms. The van der Waals surface area contributed by atoms with Crippen LogP contribution in [0.15, 0.2) is 54.6 Å². The lowest BCUT2D eigenvalue weighted by atomic mass is 9.95. The first kappa shape index (κ1) is 19.9. The largest absolute Gasteiger partial charge is 0.497 e. The van der Waals surface area contributed by atoms with E-state index in [1.807, 2.05) is 23.1 Å². The van der Waals surface area contributed by atoms with E-state index in [0.717, 1.165) is 18.6 Å². The third-order valence-electron chi connectivity index (χ3n) is 5.27. The average molecular weight is 380 g/mol. The molecule has 1 fully saturated rings. The van der Waals surface area contributed by atoms with E-state index in [1.165, 1.54) is 5.56 Å². The summed E-state index contributed by atoms with van der Waals surface area (Å²) < 4.78 is 5.13. The topological polar surface area (TPSA) is 58.6 Å². The van der Waals surface area contributed by atoms with Crippen molar-refractivity contribution in [1.82, 2.24) is 10.2 Å². The third kappa shape index (κ3) is 5.35. The zero-order valence-corrected chi connectivity index (χ0v) is 16.4. The second-order valence-corrected chi connectivity index (χ2v) is 7.18. The first-order chi connectivity index (χ1) is 13.7. The molecule has 1 aliphatic heterocycles. The number of amides is 2. The van der Waals surface area contributed by atoms with Gasteiger partial charge in [0.25, 0.3) is 5.91 Å². The Labute approximate surface area is 166 Å². The molecular weight excluding hydrogens is 352 g/mol. The van der Waals surface area contributed by atoms with Crippen LogP contribution < -0.4 is 10.1 Å². The highest BCUT2D eigenvalue weighted by atomic mass is 16.5. The van der Waals surface area contributed by atoms with Gasteiger partial charge in [-0.15, -0.1) is 0 Å². The molecule has 0 atom stereocenters. The number of hydrogen-bond donors (Lipinski definition) is 1. The van der Waals surface area contributed by atoms with Gasteiger partial charge in [-0.3, -0.25) is 9.59 Å². The molecular formula is C23H28N2O3. The van der Waals surface area contributed by atoms with Crippen molar-refractivity contribution in [3.05, 3.63) is 65.7 Å². The van der Waals surface area contributed by atoms with Gasteiger partial charge in [0, 0.05) is 31.1 Å². The first-order valence-corrected chi connectivity index (χ1v) is 9.92. The number of benzene rings is 2. The first-order valence-electron chi connectivity index (χ1n) is 9.92. The number of carbonyl (C=O) groups is 2. The maximum atomic E-state index is 12.6. The van der Waals surface area contributed by atoms with Gasteiger partial charge < -0.3 is 15.0 Å². The molecule has 3 rings (SSSR count). The van der Waals surface area contributed by atoms with E-state index in [9.17, 15) is 9.59 Å². The van der Waals surface area contributed by atoms with Gasteiger partial charge in [-0.1, -0.05) is 30.3 Å². The van der Waals surface area contributed by atoms with Crippen molar-refractivity contribution >= 4 is 11.8 Å². The Bertz CT molecular complexity index is 766. The van der Waals surface area contributed by atoms with E-state index < -0.39 is 0 Å². The maximum Gasteiger partial charge on any atom is 0.253 e. The van der Waals surface area contributed by atoms with Gasteiger partial charge in [0.2, 0.25) is 5.91 Å². The zero-order valence-electron chi connectivity index (χ0n) is 16.4. The van der Waals surface area contributed by atoms with Gasteiger partial charge in [0.15, 0.2) is 0 Å². The monoisotopic (exact) mass is 380 g/mol. The highest BCUT2D eigenvalue weighted by Crippen LogP contribution is 2.20. The molecule has 2 aromatic carbocycles. The number of nitrogens with zero attached hydrogens (tertiary/aromatic N) is 1. The van der Waals surface area contributed by atoms with E-state index in [4.69, 9.17) is 4.74 Å². The van der Waals surface area contributed by atoms with E-state index in [-0.39, 0.29) is 17.7 Å². The fraction of sp³-hybridized carbons (Fsp3) is 0.391. The molecule has 2 aromatic rings. The Hall–Kier alpha value is -2.82. The maximum absolute atomic E-state index is 12.6. The number of carbonyl (C=O) groups excluding carboxylic acids is 2. The third-order valence-corrected chi connectivity index (χ3v) is 5.27. The molecule has 1 saturated heterocycles. The van der Waals surface area contributed by atoms with Gasteiger partial charge in [0.05, 0.1) is 7.11 Å². The highest BCUT2D eigenvalue weighted by Gasteiger charge is 2.27. The van der Waals surface area contributed by atoms with Gasteiger partial charge in [-0.05, 0) is 55.5 Å². The summed E-state index contributed by atoms with van der Waals surface area (Å²) in [5.41, 5.74) is 1.95. The molecule has 0 spiro atoms. The summed E-state index contributed by atoms with van der Waals surface area (Å²) in [7, 11) is 1.61. The highest BCUT2D eigenvalue weighted by molar-refractivity contribution is 5.94. The summed E-state index contributed by atoms with van der Waals surface area (Å²) in [6.45, 7) is 1.93. The van der Waals surface area contributed by atoms with Crippen LogP contribution in [-0.2, 0) is 11.2 Å². The Kier molecular flexibility index (Phi) is 7.06. The quantitative estimate of drug-likeness (QED) is 0.750. The molecule has 5 nitrogen and oxygen atoms in total. The summed E-state index contributed by atoms with van der Waals surface area (Å²) in [5, 5.41) is 3.05. The molecule has 28 heavy (non-hydrogen) atoms. The molecule has 0 aliphatic carbocycles. The lowest BCUT2D eigenvalue weighted by Crippen LogP contribution is -2.43. The number of piperidine rings is 1. The van der Waals surface area contributed by atoms with E-state index in [1.54, 1.807) is 31.4 Å². The number of aryl methyl sites for hydroxylation is 1.